The van der Waals surface area contributed by atoms with Crippen molar-refractivity contribution in [3.05, 3.63) is 64.2 Å². The molecule has 10 heteroatoms. The normalized spacial score (nSPS) is 20.2. The van der Waals surface area contributed by atoms with E-state index in [0.29, 0.717) is 5.56 Å². The Hall–Kier alpha value is -4.08. The summed E-state index contributed by atoms with van der Waals surface area (Å²) >= 11 is 0. The lowest BCUT2D eigenvalue weighted by atomic mass is 9.94. The number of carbonyl (C=O) groups is 3. The molecule has 0 N–H and O–H groups in total. The molecule has 1 fully saturated rings. The number of anilines is 1. The molecule has 2 aromatic carbocycles. The molecule has 1 saturated heterocycles. The second-order valence-corrected chi connectivity index (χ2v) is 6.39. The minimum Gasteiger partial charge on any atom is -0.427 e. The van der Waals surface area contributed by atoms with Crippen LogP contribution in [0.25, 0.3) is 0 Å². The highest BCUT2D eigenvalue weighted by atomic mass is 16.7. The van der Waals surface area contributed by atoms with Crippen LogP contribution < -0.4 is 9.64 Å². The summed E-state index contributed by atoms with van der Waals surface area (Å²) in [6, 6.07) is 11.5. The number of ether oxygens (including phenoxy) is 1. The van der Waals surface area contributed by atoms with Gasteiger partial charge < -0.3 is 9.57 Å². The summed E-state index contributed by atoms with van der Waals surface area (Å²) in [5, 5.41) is 14.9. The molecule has 0 aliphatic carbocycles. The van der Waals surface area contributed by atoms with E-state index in [4.69, 9.17) is 9.57 Å². The number of hydrogen-bond acceptors (Lipinski definition) is 8. The van der Waals surface area contributed by atoms with Crippen molar-refractivity contribution in [3.63, 3.8) is 0 Å². The first-order valence-corrected chi connectivity index (χ1v) is 8.51. The number of nitro groups is 1. The second-order valence-electron chi connectivity index (χ2n) is 6.39. The third-order valence-corrected chi connectivity index (χ3v) is 4.52. The fourth-order valence-electron chi connectivity index (χ4n) is 3.28. The molecule has 10 nitrogen and oxygen atoms in total. The summed E-state index contributed by atoms with van der Waals surface area (Å²) < 4.78 is 4.94. The van der Waals surface area contributed by atoms with Crippen molar-refractivity contribution in [2.75, 3.05) is 4.90 Å². The zero-order valence-electron chi connectivity index (χ0n) is 15.0. The standard InChI is InChI=1S/C19H13N3O7/c1-10(23)28-14-7-5-12(6-8-14)21-18(24)15-16(20-29-17(15)19(21)25)11-3-2-4-13(9-11)22(26)27/h2-9,15,17H,1H3/t15-,17-/m0/s1. The summed E-state index contributed by atoms with van der Waals surface area (Å²) in [7, 11) is 0. The van der Waals surface area contributed by atoms with Gasteiger partial charge in [-0.3, -0.25) is 24.5 Å². The Balaban J connectivity index is 1.63. The number of nitrogens with zero attached hydrogens (tertiary/aromatic N) is 3. The zero-order valence-corrected chi connectivity index (χ0v) is 15.0. The predicted molar refractivity (Wildman–Crippen MR) is 98.2 cm³/mol. The van der Waals surface area contributed by atoms with Crippen LogP contribution in [0, 0.1) is 16.0 Å². The van der Waals surface area contributed by atoms with Gasteiger partial charge in [-0.25, -0.2) is 4.90 Å². The van der Waals surface area contributed by atoms with Crippen molar-refractivity contribution in [2.45, 2.75) is 13.0 Å². The van der Waals surface area contributed by atoms with E-state index < -0.39 is 34.7 Å². The van der Waals surface area contributed by atoms with E-state index in [2.05, 4.69) is 5.16 Å². The van der Waals surface area contributed by atoms with Crippen LogP contribution >= 0.6 is 0 Å². The number of amides is 2. The lowest BCUT2D eigenvalue weighted by Crippen LogP contribution is -2.33. The van der Waals surface area contributed by atoms with Crippen LogP contribution in [-0.4, -0.2) is 34.5 Å². The molecule has 4 rings (SSSR count). The lowest BCUT2D eigenvalue weighted by Gasteiger charge is -2.15. The van der Waals surface area contributed by atoms with Crippen molar-refractivity contribution in [1.82, 2.24) is 0 Å². The molecule has 0 bridgehead atoms. The first-order valence-electron chi connectivity index (χ1n) is 8.51. The molecule has 2 atom stereocenters. The number of nitro benzene ring substituents is 1. The maximum Gasteiger partial charge on any atom is 0.308 e. The van der Waals surface area contributed by atoms with Gasteiger partial charge >= 0.3 is 5.97 Å². The quantitative estimate of drug-likeness (QED) is 0.254. The Morgan fingerprint density at radius 2 is 1.90 bits per heavy atom. The first kappa shape index (κ1) is 18.3. The number of esters is 1. The number of hydrogen-bond donors (Lipinski definition) is 0. The van der Waals surface area contributed by atoms with Gasteiger partial charge in [0.25, 0.3) is 11.6 Å². The molecule has 0 saturated carbocycles. The first-order chi connectivity index (χ1) is 13.9. The minimum absolute atomic E-state index is 0.163. The third-order valence-electron chi connectivity index (χ3n) is 4.52. The van der Waals surface area contributed by atoms with E-state index in [0.717, 1.165) is 4.90 Å². The highest BCUT2D eigenvalue weighted by Gasteiger charge is 2.56. The van der Waals surface area contributed by atoms with E-state index in [-0.39, 0.29) is 22.8 Å². The molecular weight excluding hydrogens is 382 g/mol. The highest BCUT2D eigenvalue weighted by Crippen LogP contribution is 2.36. The van der Waals surface area contributed by atoms with Crippen LogP contribution in [-0.2, 0) is 19.2 Å². The Kier molecular flexibility index (Phi) is 4.30. The number of benzene rings is 2. The van der Waals surface area contributed by atoms with Crippen LogP contribution in [0.1, 0.15) is 12.5 Å². The molecule has 0 unspecified atom stereocenters. The smallest absolute Gasteiger partial charge is 0.308 e. The SMILES string of the molecule is CC(=O)Oc1ccc(N2C(=O)[C@H]3C(c4cccc([N+](=O)[O-])c4)=NO[C@@H]3C2=O)cc1. The largest absolute Gasteiger partial charge is 0.427 e. The highest BCUT2D eigenvalue weighted by molar-refractivity contribution is 6.32. The number of carbonyl (C=O) groups excluding carboxylic acids is 3. The van der Waals surface area contributed by atoms with E-state index >= 15 is 0 Å². The average Bonchev–Trinajstić information content (AvgIpc) is 3.23. The topological polar surface area (TPSA) is 128 Å². The van der Waals surface area contributed by atoms with Gasteiger partial charge in [-0.1, -0.05) is 17.3 Å². The second kappa shape index (κ2) is 6.82. The summed E-state index contributed by atoms with van der Waals surface area (Å²) in [6.07, 6.45) is -1.13. The maximum absolute atomic E-state index is 13.0. The van der Waals surface area contributed by atoms with E-state index in [1.54, 1.807) is 6.07 Å². The molecule has 0 aromatic heterocycles. The molecule has 2 aliphatic heterocycles. The van der Waals surface area contributed by atoms with Gasteiger partial charge in [0, 0.05) is 24.6 Å². The molecule has 29 heavy (non-hydrogen) atoms. The van der Waals surface area contributed by atoms with Crippen molar-refractivity contribution in [3.8, 4) is 5.75 Å². The van der Waals surface area contributed by atoms with Crippen LogP contribution in [0.2, 0.25) is 0 Å². The molecule has 0 radical (unpaired) electrons. The van der Waals surface area contributed by atoms with Crippen LogP contribution in [0.3, 0.4) is 0 Å². The van der Waals surface area contributed by atoms with Gasteiger partial charge in [0.1, 0.15) is 17.4 Å². The maximum atomic E-state index is 13.0. The van der Waals surface area contributed by atoms with Gasteiger partial charge in [-0.05, 0) is 24.3 Å². The minimum atomic E-state index is -1.13. The number of rotatable bonds is 4. The van der Waals surface area contributed by atoms with Gasteiger partial charge in [0.2, 0.25) is 12.0 Å². The van der Waals surface area contributed by atoms with Crippen molar-refractivity contribution >= 4 is 34.9 Å². The van der Waals surface area contributed by atoms with Gasteiger partial charge in [-0.2, -0.15) is 0 Å². The lowest BCUT2D eigenvalue weighted by molar-refractivity contribution is -0.384. The molecule has 2 aromatic rings. The number of non-ortho nitro benzene ring substituents is 1. The third kappa shape index (κ3) is 3.10. The molecule has 146 valence electrons. The van der Waals surface area contributed by atoms with Crippen LogP contribution in [0.15, 0.2) is 53.7 Å². The molecule has 2 amide bonds. The van der Waals surface area contributed by atoms with E-state index in [1.165, 1.54) is 49.4 Å². The van der Waals surface area contributed by atoms with Crippen LogP contribution in [0.4, 0.5) is 11.4 Å². The summed E-state index contributed by atoms with van der Waals surface area (Å²) in [5.74, 6) is -2.37. The Morgan fingerprint density at radius 1 is 1.17 bits per heavy atom. The fourth-order valence-corrected chi connectivity index (χ4v) is 3.28. The fraction of sp³-hybridized carbons (Fsp3) is 0.158. The molecular formula is C19H13N3O7. The number of imide groups is 1. The average molecular weight is 395 g/mol. The summed E-state index contributed by atoms with van der Waals surface area (Å²) in [4.78, 5) is 53.3. The van der Waals surface area contributed by atoms with Crippen molar-refractivity contribution in [1.29, 1.82) is 0 Å². The Bertz CT molecular complexity index is 1080. The van der Waals surface area contributed by atoms with Gasteiger partial charge in [0.15, 0.2) is 0 Å². The monoisotopic (exact) mass is 395 g/mol. The number of fused-ring (bicyclic) bond motifs is 1. The van der Waals surface area contributed by atoms with Gasteiger partial charge in [-0.15, -0.1) is 0 Å². The zero-order chi connectivity index (χ0) is 20.7. The molecule has 2 heterocycles. The number of oxime groups is 1. The molecule has 2 aliphatic rings. The van der Waals surface area contributed by atoms with E-state index in [1.807, 2.05) is 0 Å². The predicted octanol–water partition coefficient (Wildman–Crippen LogP) is 1.81. The summed E-state index contributed by atoms with van der Waals surface area (Å²) in [5.41, 5.74) is 0.617. The van der Waals surface area contributed by atoms with Crippen LogP contribution in [0.5, 0.6) is 5.75 Å². The van der Waals surface area contributed by atoms with E-state index in [9.17, 15) is 24.5 Å². The Labute approximate surface area is 163 Å². The van der Waals surface area contributed by atoms with Crippen molar-refractivity contribution in [2.24, 2.45) is 11.1 Å². The van der Waals surface area contributed by atoms with Crippen molar-refractivity contribution < 1.29 is 28.9 Å². The van der Waals surface area contributed by atoms with Gasteiger partial charge in [0.05, 0.1) is 10.6 Å². The summed E-state index contributed by atoms with van der Waals surface area (Å²) in [6.45, 7) is 1.26. The molecule has 0 spiro atoms. The Morgan fingerprint density at radius 3 is 2.55 bits per heavy atom.